The van der Waals surface area contributed by atoms with E-state index in [1.165, 1.54) is 205 Å². The first kappa shape index (κ1) is 68.4. The number of carbonyl (C=O) groups is 3. The van der Waals surface area contributed by atoms with Crippen molar-refractivity contribution in [2.75, 3.05) is 13.2 Å². The van der Waals surface area contributed by atoms with Crippen molar-refractivity contribution in [3.63, 3.8) is 0 Å². The van der Waals surface area contributed by atoms with Gasteiger partial charge in [0.05, 0.1) is 0 Å². The molecule has 0 aliphatic rings. The fraction of sp³-hybridized carbons (Fsp3) is 0.831. The van der Waals surface area contributed by atoms with Crippen molar-refractivity contribution in [1.29, 1.82) is 0 Å². The molecule has 6 heteroatoms. The van der Waals surface area contributed by atoms with Crippen LogP contribution in [0.3, 0.4) is 0 Å². The van der Waals surface area contributed by atoms with Gasteiger partial charge in [0.25, 0.3) is 0 Å². The van der Waals surface area contributed by atoms with Gasteiger partial charge in [0.15, 0.2) is 6.10 Å². The molecule has 0 rings (SSSR count). The van der Waals surface area contributed by atoms with E-state index in [9.17, 15) is 14.4 Å². The minimum atomic E-state index is -0.779. The fourth-order valence-electron chi connectivity index (χ4n) is 9.09. The molecule has 0 radical (unpaired) electrons. The van der Waals surface area contributed by atoms with E-state index >= 15 is 0 Å². The van der Waals surface area contributed by atoms with Crippen LogP contribution in [-0.2, 0) is 28.6 Å². The molecule has 1 atom stereocenters. The van der Waals surface area contributed by atoms with Crippen LogP contribution in [0.4, 0.5) is 0 Å². The van der Waals surface area contributed by atoms with E-state index in [4.69, 9.17) is 14.2 Å². The first-order valence-corrected chi connectivity index (χ1v) is 31.1. The van der Waals surface area contributed by atoms with Crippen LogP contribution in [0.25, 0.3) is 0 Å². The maximum Gasteiger partial charge on any atom is 0.306 e. The Morgan fingerprint density at radius 2 is 0.507 bits per heavy atom. The van der Waals surface area contributed by atoms with E-state index in [1.54, 1.807) is 0 Å². The molecule has 0 amide bonds. The van der Waals surface area contributed by atoms with Crippen molar-refractivity contribution in [3.05, 3.63) is 48.6 Å². The van der Waals surface area contributed by atoms with E-state index in [0.29, 0.717) is 19.3 Å². The zero-order chi connectivity index (χ0) is 51.4. The molecule has 0 aromatic carbocycles. The summed E-state index contributed by atoms with van der Waals surface area (Å²) in [6.45, 7) is 6.66. The molecule has 0 N–H and O–H groups in total. The standard InChI is InChI=1S/C65H118O6/c1-4-7-10-13-16-19-22-25-28-30-31-32-33-34-35-36-38-40-43-46-49-52-55-58-64(67)70-61-62(60-69-63(66)57-54-51-48-45-42-39-27-24-21-18-15-12-9-6-3)71-65(68)59-56-53-50-47-44-41-37-29-26-23-20-17-14-11-8-5-2/h22,25,29-31,33-34,37,62H,4-21,23-24,26-28,32,35-36,38-61H2,1-3H3/b25-22-,31-30-,34-33-,37-29-. The predicted molar refractivity (Wildman–Crippen MR) is 307 cm³/mol. The van der Waals surface area contributed by atoms with Crippen LogP contribution in [0.1, 0.15) is 329 Å². The highest BCUT2D eigenvalue weighted by atomic mass is 16.6. The topological polar surface area (TPSA) is 78.9 Å². The molecule has 0 aliphatic carbocycles. The number of allylic oxidation sites excluding steroid dienone is 8. The van der Waals surface area contributed by atoms with E-state index in [2.05, 4.69) is 69.4 Å². The molecule has 414 valence electrons. The summed E-state index contributed by atoms with van der Waals surface area (Å²) in [7, 11) is 0. The largest absolute Gasteiger partial charge is 0.462 e. The highest BCUT2D eigenvalue weighted by molar-refractivity contribution is 5.71. The molecule has 0 aromatic heterocycles. The van der Waals surface area contributed by atoms with Crippen molar-refractivity contribution in [1.82, 2.24) is 0 Å². The van der Waals surface area contributed by atoms with Gasteiger partial charge in [-0.3, -0.25) is 14.4 Å². The van der Waals surface area contributed by atoms with E-state index in [1.807, 2.05) is 0 Å². The van der Waals surface area contributed by atoms with Crippen molar-refractivity contribution >= 4 is 17.9 Å². The molecular formula is C65H118O6. The monoisotopic (exact) mass is 995 g/mol. The lowest BCUT2D eigenvalue weighted by atomic mass is 10.0. The Hall–Kier alpha value is -2.63. The average molecular weight is 996 g/mol. The third-order valence-corrected chi connectivity index (χ3v) is 13.8. The molecule has 1 unspecified atom stereocenters. The number of hydrogen-bond donors (Lipinski definition) is 0. The summed E-state index contributed by atoms with van der Waals surface area (Å²) in [5, 5.41) is 0. The van der Waals surface area contributed by atoms with Crippen LogP contribution in [0.2, 0.25) is 0 Å². The molecule has 0 spiro atoms. The second-order valence-electron chi connectivity index (χ2n) is 21.0. The van der Waals surface area contributed by atoms with E-state index in [0.717, 1.165) is 83.5 Å². The molecule has 0 aliphatic heterocycles. The highest BCUT2D eigenvalue weighted by Gasteiger charge is 2.19. The summed E-state index contributed by atoms with van der Waals surface area (Å²) in [6, 6.07) is 0. The van der Waals surface area contributed by atoms with Crippen LogP contribution >= 0.6 is 0 Å². The van der Waals surface area contributed by atoms with Crippen LogP contribution in [-0.4, -0.2) is 37.2 Å². The SMILES string of the molecule is CCCCCCC/C=C\C/C=C\C/C=C\CCCCCCCCCCC(=O)OCC(COC(=O)CCCCCCCCCCCCCCCC)OC(=O)CCCCCCC/C=C\CCCCCCCCC. The Kier molecular flexibility index (Phi) is 57.7. The molecule has 0 bridgehead atoms. The van der Waals surface area contributed by atoms with Gasteiger partial charge in [-0.25, -0.2) is 0 Å². The Morgan fingerprint density at radius 1 is 0.282 bits per heavy atom. The average Bonchev–Trinajstić information content (AvgIpc) is 3.37. The van der Waals surface area contributed by atoms with Crippen LogP contribution in [0.15, 0.2) is 48.6 Å². The van der Waals surface area contributed by atoms with Gasteiger partial charge in [-0.05, 0) is 83.5 Å². The van der Waals surface area contributed by atoms with Crippen LogP contribution in [0, 0.1) is 0 Å². The summed E-state index contributed by atoms with van der Waals surface area (Å²) < 4.78 is 16.9. The molecular weight excluding hydrogens is 877 g/mol. The van der Waals surface area contributed by atoms with Crippen molar-refractivity contribution in [3.8, 4) is 0 Å². The summed E-state index contributed by atoms with van der Waals surface area (Å²) >= 11 is 0. The molecule has 0 aromatic rings. The summed E-state index contributed by atoms with van der Waals surface area (Å²) in [6.07, 6.45) is 73.9. The Labute approximate surface area is 441 Å². The van der Waals surface area contributed by atoms with Gasteiger partial charge in [0.1, 0.15) is 13.2 Å². The summed E-state index contributed by atoms with van der Waals surface area (Å²) in [5.41, 5.74) is 0. The summed E-state index contributed by atoms with van der Waals surface area (Å²) in [4.78, 5) is 38.2. The smallest absolute Gasteiger partial charge is 0.306 e. The maximum atomic E-state index is 12.9. The van der Waals surface area contributed by atoms with Crippen LogP contribution < -0.4 is 0 Å². The zero-order valence-corrected chi connectivity index (χ0v) is 47.5. The second kappa shape index (κ2) is 59.9. The number of hydrogen-bond acceptors (Lipinski definition) is 6. The number of esters is 3. The number of unbranched alkanes of at least 4 members (excludes halogenated alkanes) is 38. The zero-order valence-electron chi connectivity index (χ0n) is 47.5. The van der Waals surface area contributed by atoms with Crippen molar-refractivity contribution in [2.24, 2.45) is 0 Å². The number of rotatable bonds is 57. The van der Waals surface area contributed by atoms with Gasteiger partial charge in [-0.1, -0.05) is 275 Å². The van der Waals surface area contributed by atoms with Gasteiger partial charge >= 0.3 is 17.9 Å². The fourth-order valence-corrected chi connectivity index (χ4v) is 9.09. The minimum absolute atomic E-state index is 0.0754. The first-order valence-electron chi connectivity index (χ1n) is 31.1. The lowest BCUT2D eigenvalue weighted by molar-refractivity contribution is -0.167. The molecule has 0 saturated heterocycles. The molecule has 6 nitrogen and oxygen atoms in total. The van der Waals surface area contributed by atoms with E-state index < -0.39 is 6.10 Å². The predicted octanol–water partition coefficient (Wildman–Crippen LogP) is 21.0. The molecule has 71 heavy (non-hydrogen) atoms. The van der Waals surface area contributed by atoms with Crippen molar-refractivity contribution in [2.45, 2.75) is 335 Å². The van der Waals surface area contributed by atoms with Gasteiger partial charge in [0.2, 0.25) is 0 Å². The van der Waals surface area contributed by atoms with Gasteiger partial charge in [0, 0.05) is 19.3 Å². The lowest BCUT2D eigenvalue weighted by Gasteiger charge is -2.18. The number of ether oxygens (including phenoxy) is 3. The van der Waals surface area contributed by atoms with Gasteiger partial charge in [-0.2, -0.15) is 0 Å². The number of carbonyl (C=O) groups excluding carboxylic acids is 3. The molecule has 0 fully saturated rings. The lowest BCUT2D eigenvalue weighted by Crippen LogP contribution is -2.30. The minimum Gasteiger partial charge on any atom is -0.462 e. The van der Waals surface area contributed by atoms with Gasteiger partial charge < -0.3 is 14.2 Å². The van der Waals surface area contributed by atoms with E-state index in [-0.39, 0.29) is 31.1 Å². The third-order valence-electron chi connectivity index (χ3n) is 13.8. The Bertz CT molecular complexity index is 1230. The maximum absolute atomic E-state index is 12.9. The van der Waals surface area contributed by atoms with Gasteiger partial charge in [-0.15, -0.1) is 0 Å². The highest BCUT2D eigenvalue weighted by Crippen LogP contribution is 2.16. The normalized spacial score (nSPS) is 12.3. The molecule has 0 saturated carbocycles. The second-order valence-corrected chi connectivity index (χ2v) is 21.0. The summed E-state index contributed by atoms with van der Waals surface area (Å²) in [5.74, 6) is -0.873. The first-order chi connectivity index (χ1) is 35.0. The Balaban J connectivity index is 4.33. The quantitative estimate of drug-likeness (QED) is 0.0261. The molecule has 0 heterocycles. The van der Waals surface area contributed by atoms with Crippen LogP contribution in [0.5, 0.6) is 0 Å². The third kappa shape index (κ3) is 58.1. The van der Waals surface area contributed by atoms with Crippen molar-refractivity contribution < 1.29 is 28.6 Å². The Morgan fingerprint density at radius 3 is 0.803 bits per heavy atom.